The Morgan fingerprint density at radius 2 is 2.21 bits per heavy atom. The number of H-pyrrole nitrogens is 1. The lowest BCUT2D eigenvalue weighted by Crippen LogP contribution is -1.91. The van der Waals surface area contributed by atoms with E-state index in [1.165, 1.54) is 6.33 Å². The van der Waals surface area contributed by atoms with Gasteiger partial charge in [0.05, 0.1) is 6.20 Å². The minimum absolute atomic E-state index is 0.387. The van der Waals surface area contributed by atoms with Gasteiger partial charge in [0.25, 0.3) is 0 Å². The number of fused-ring (bicyclic) bond motifs is 1. The number of rotatable bonds is 3. The number of benzene rings is 1. The molecule has 0 saturated carbocycles. The monoisotopic (exact) mass is 318 g/mol. The predicted octanol–water partition coefficient (Wildman–Crippen LogP) is 2.72. The Bertz CT molecular complexity index is 756. The quantitative estimate of drug-likeness (QED) is 0.751. The molecule has 0 spiro atoms. The van der Waals surface area contributed by atoms with Crippen molar-refractivity contribution >= 4 is 33.2 Å². The zero-order valence-electron chi connectivity index (χ0n) is 9.50. The van der Waals surface area contributed by atoms with E-state index in [-0.39, 0.29) is 0 Å². The molecule has 0 atom stereocenters. The number of nitrogens with zero attached hydrogens (tertiary/aromatic N) is 3. The second-order valence-corrected chi connectivity index (χ2v) is 4.57. The van der Waals surface area contributed by atoms with E-state index in [0.717, 1.165) is 6.29 Å². The Morgan fingerprint density at radius 1 is 1.32 bits per heavy atom. The van der Waals surface area contributed by atoms with Crippen LogP contribution in [0.3, 0.4) is 0 Å². The van der Waals surface area contributed by atoms with Gasteiger partial charge in [0.15, 0.2) is 11.9 Å². The minimum Gasteiger partial charge on any atom is -0.438 e. The third kappa shape index (κ3) is 2.19. The highest BCUT2D eigenvalue weighted by Crippen LogP contribution is 2.27. The van der Waals surface area contributed by atoms with Crippen LogP contribution in [0.2, 0.25) is 0 Å². The molecule has 6 nitrogen and oxygen atoms in total. The number of aromatic amines is 1. The third-order valence-corrected chi connectivity index (χ3v) is 3.24. The molecular formula is C12H7BrN4O2. The van der Waals surface area contributed by atoms with Crippen LogP contribution in [0, 0.1) is 0 Å². The van der Waals surface area contributed by atoms with Crippen LogP contribution in [-0.2, 0) is 0 Å². The van der Waals surface area contributed by atoms with Crippen molar-refractivity contribution in [2.24, 2.45) is 0 Å². The maximum Gasteiger partial charge on any atom is 0.233 e. The first-order valence-corrected chi connectivity index (χ1v) is 6.14. The average Bonchev–Trinajstić information content (AvgIpc) is 2.90. The highest BCUT2D eigenvalue weighted by molar-refractivity contribution is 9.10. The van der Waals surface area contributed by atoms with Crippen molar-refractivity contribution in [3.63, 3.8) is 0 Å². The van der Waals surface area contributed by atoms with Gasteiger partial charge in [0.1, 0.15) is 17.5 Å². The Balaban J connectivity index is 2.01. The minimum atomic E-state index is 0.387. The van der Waals surface area contributed by atoms with E-state index in [1.54, 1.807) is 24.4 Å². The summed E-state index contributed by atoms with van der Waals surface area (Å²) in [6.45, 7) is 0. The summed E-state index contributed by atoms with van der Waals surface area (Å²) in [6.07, 6.45) is 3.73. The molecule has 1 aromatic carbocycles. The summed E-state index contributed by atoms with van der Waals surface area (Å²) in [5, 5.41) is 7.29. The van der Waals surface area contributed by atoms with Crippen molar-refractivity contribution in [1.82, 2.24) is 20.2 Å². The molecule has 3 aromatic rings. The first kappa shape index (κ1) is 11.8. The Kier molecular flexibility index (Phi) is 2.96. The Hall–Kier alpha value is -2.28. The first-order chi connectivity index (χ1) is 9.28. The van der Waals surface area contributed by atoms with Gasteiger partial charge in [-0.05, 0) is 18.2 Å². The summed E-state index contributed by atoms with van der Waals surface area (Å²) in [5.41, 5.74) is 1.10. The van der Waals surface area contributed by atoms with Gasteiger partial charge in [-0.1, -0.05) is 15.9 Å². The third-order valence-electron chi connectivity index (χ3n) is 2.52. The normalized spacial score (nSPS) is 10.6. The number of halogens is 1. The fourth-order valence-electron chi connectivity index (χ4n) is 1.61. The molecule has 1 N–H and O–H groups in total. The maximum atomic E-state index is 10.9. The largest absolute Gasteiger partial charge is 0.438 e. The summed E-state index contributed by atoms with van der Waals surface area (Å²) in [6, 6.07) is 5.11. The number of aromatic nitrogens is 4. The van der Waals surface area contributed by atoms with E-state index in [2.05, 4.69) is 36.1 Å². The molecule has 2 aromatic heterocycles. The van der Waals surface area contributed by atoms with Crippen molar-refractivity contribution in [3.05, 3.63) is 40.8 Å². The number of carbonyl (C=O) groups is 1. The van der Waals surface area contributed by atoms with Gasteiger partial charge < -0.3 is 4.74 Å². The Labute approximate surface area is 116 Å². The lowest BCUT2D eigenvalue weighted by atomic mass is 10.2. The van der Waals surface area contributed by atoms with Crippen molar-refractivity contribution in [1.29, 1.82) is 0 Å². The van der Waals surface area contributed by atoms with Crippen LogP contribution in [0.15, 0.2) is 35.2 Å². The molecular weight excluding hydrogens is 312 g/mol. The summed E-state index contributed by atoms with van der Waals surface area (Å²) in [5.74, 6) is 0.907. The highest BCUT2D eigenvalue weighted by Gasteiger charge is 2.09. The highest BCUT2D eigenvalue weighted by atomic mass is 79.9. The van der Waals surface area contributed by atoms with E-state index in [0.29, 0.717) is 32.7 Å². The van der Waals surface area contributed by atoms with Crippen LogP contribution < -0.4 is 4.74 Å². The molecule has 0 amide bonds. The van der Waals surface area contributed by atoms with Crippen LogP contribution in [0.5, 0.6) is 11.6 Å². The molecule has 19 heavy (non-hydrogen) atoms. The molecule has 0 aliphatic rings. The summed E-state index contributed by atoms with van der Waals surface area (Å²) < 4.78 is 6.37. The summed E-state index contributed by atoms with van der Waals surface area (Å²) in [7, 11) is 0. The molecule has 0 aliphatic carbocycles. The maximum absolute atomic E-state index is 10.9. The molecule has 94 valence electrons. The van der Waals surface area contributed by atoms with E-state index >= 15 is 0 Å². The lowest BCUT2D eigenvalue weighted by Gasteiger charge is -2.06. The zero-order valence-corrected chi connectivity index (χ0v) is 11.1. The van der Waals surface area contributed by atoms with Gasteiger partial charge in [-0.15, -0.1) is 0 Å². The molecule has 0 fully saturated rings. The molecule has 7 heteroatoms. The topological polar surface area (TPSA) is 80.8 Å². The molecule has 0 bridgehead atoms. The fraction of sp³-hybridized carbons (Fsp3) is 0. The number of carbonyl (C=O) groups excluding carboxylic acids is 1. The number of nitrogens with one attached hydrogen (secondary N) is 1. The van der Waals surface area contributed by atoms with Crippen molar-refractivity contribution in [3.8, 4) is 11.6 Å². The van der Waals surface area contributed by atoms with Crippen LogP contribution in [0.1, 0.15) is 10.4 Å². The predicted molar refractivity (Wildman–Crippen MR) is 71.3 cm³/mol. The number of hydrogen-bond acceptors (Lipinski definition) is 5. The summed E-state index contributed by atoms with van der Waals surface area (Å²) in [4.78, 5) is 19.0. The lowest BCUT2D eigenvalue weighted by molar-refractivity contribution is 0.112. The van der Waals surface area contributed by atoms with Crippen molar-refractivity contribution in [2.45, 2.75) is 0 Å². The van der Waals surface area contributed by atoms with Crippen LogP contribution in [0.25, 0.3) is 11.0 Å². The first-order valence-electron chi connectivity index (χ1n) is 5.34. The van der Waals surface area contributed by atoms with Crippen LogP contribution in [-0.4, -0.2) is 26.5 Å². The van der Waals surface area contributed by atoms with Crippen molar-refractivity contribution < 1.29 is 9.53 Å². The molecule has 0 radical (unpaired) electrons. The van der Waals surface area contributed by atoms with Gasteiger partial charge in [-0.2, -0.15) is 5.10 Å². The molecule has 0 unspecified atom stereocenters. The second kappa shape index (κ2) is 4.77. The molecule has 0 aliphatic heterocycles. The number of ether oxygens (including phenoxy) is 1. The molecule has 2 heterocycles. The van der Waals surface area contributed by atoms with E-state index in [4.69, 9.17) is 4.74 Å². The second-order valence-electron chi connectivity index (χ2n) is 3.71. The van der Waals surface area contributed by atoms with E-state index in [9.17, 15) is 4.79 Å². The van der Waals surface area contributed by atoms with Crippen LogP contribution in [0.4, 0.5) is 0 Å². The van der Waals surface area contributed by atoms with Crippen LogP contribution >= 0.6 is 15.9 Å². The average molecular weight is 319 g/mol. The Morgan fingerprint density at radius 3 is 3.05 bits per heavy atom. The van der Waals surface area contributed by atoms with Gasteiger partial charge >= 0.3 is 0 Å². The van der Waals surface area contributed by atoms with Gasteiger partial charge in [0.2, 0.25) is 5.88 Å². The SMILES string of the molecule is O=Cc1cc(Oc2ncnc3[nH]ncc23)ccc1Br. The number of hydrogen-bond donors (Lipinski definition) is 1. The number of aldehydes is 1. The molecule has 0 saturated heterocycles. The van der Waals surface area contributed by atoms with Crippen molar-refractivity contribution in [2.75, 3.05) is 0 Å². The molecule has 3 rings (SSSR count). The zero-order chi connectivity index (χ0) is 13.2. The fourth-order valence-corrected chi connectivity index (χ4v) is 1.95. The van der Waals surface area contributed by atoms with E-state index < -0.39 is 0 Å². The van der Waals surface area contributed by atoms with Gasteiger partial charge in [0, 0.05) is 10.0 Å². The van der Waals surface area contributed by atoms with E-state index in [1.807, 2.05) is 0 Å². The smallest absolute Gasteiger partial charge is 0.233 e. The summed E-state index contributed by atoms with van der Waals surface area (Å²) >= 11 is 3.28. The standard InChI is InChI=1S/C12H7BrN4O2/c13-10-2-1-8(3-7(10)5-18)19-12-9-4-16-17-11(9)14-6-15-12/h1-6H,(H,14,15,16,17). The van der Waals surface area contributed by atoms with Gasteiger partial charge in [-0.3, -0.25) is 9.89 Å². The van der Waals surface area contributed by atoms with Gasteiger partial charge in [-0.25, -0.2) is 9.97 Å².